The van der Waals surface area contributed by atoms with Crippen LogP contribution in [0.1, 0.15) is 19.8 Å². The molecule has 0 aliphatic carbocycles. The van der Waals surface area contributed by atoms with Gasteiger partial charge in [-0.05, 0) is 18.6 Å². The molecule has 0 aliphatic heterocycles. The number of nitrogens with zero attached hydrogens (tertiary/aromatic N) is 1. The van der Waals surface area contributed by atoms with Crippen molar-refractivity contribution in [2.24, 2.45) is 0 Å². The first kappa shape index (κ1) is 12.8. The van der Waals surface area contributed by atoms with E-state index >= 15 is 0 Å². The van der Waals surface area contributed by atoms with Gasteiger partial charge in [0.1, 0.15) is 11.5 Å². The number of ether oxygens (including phenoxy) is 1. The molecule has 0 aromatic heterocycles. The van der Waals surface area contributed by atoms with E-state index < -0.39 is 10.9 Å². The van der Waals surface area contributed by atoms with Crippen LogP contribution in [0.15, 0.2) is 24.3 Å². The molecular formula is C11H12N2O4. The molecule has 6 heteroatoms. The minimum atomic E-state index is -0.722. The highest BCUT2D eigenvalue weighted by atomic mass is 16.6. The summed E-state index contributed by atoms with van der Waals surface area (Å²) in [5.41, 5.74) is -0.181. The number of esters is 1. The number of carbonyl (C=O) groups is 1. The standard InChI is InChI=1S/C11H12N2O4/c1-2-3-10(12)11(14)17-9-6-4-8(5-7-9)13(15)16/h4-7,12H,2-3H2,1H3. The molecule has 0 aliphatic rings. The highest BCUT2D eigenvalue weighted by Crippen LogP contribution is 2.17. The lowest BCUT2D eigenvalue weighted by Gasteiger charge is -2.03. The topological polar surface area (TPSA) is 93.3 Å². The molecule has 0 saturated heterocycles. The van der Waals surface area contributed by atoms with Gasteiger partial charge in [-0.25, -0.2) is 4.79 Å². The van der Waals surface area contributed by atoms with Crippen molar-refractivity contribution >= 4 is 17.4 Å². The van der Waals surface area contributed by atoms with Crippen molar-refractivity contribution in [2.75, 3.05) is 0 Å². The lowest BCUT2D eigenvalue weighted by atomic mass is 10.2. The van der Waals surface area contributed by atoms with E-state index in [0.29, 0.717) is 12.8 Å². The van der Waals surface area contributed by atoms with Crippen LogP contribution in [0.25, 0.3) is 0 Å². The van der Waals surface area contributed by atoms with Crippen molar-refractivity contribution in [3.05, 3.63) is 34.4 Å². The molecule has 0 unspecified atom stereocenters. The fraction of sp³-hybridized carbons (Fsp3) is 0.273. The van der Waals surface area contributed by atoms with E-state index in [1.807, 2.05) is 6.92 Å². The quantitative estimate of drug-likeness (QED) is 0.279. The van der Waals surface area contributed by atoms with Crippen LogP contribution in [0.2, 0.25) is 0 Å². The van der Waals surface area contributed by atoms with Gasteiger partial charge >= 0.3 is 5.97 Å². The number of hydrogen-bond acceptors (Lipinski definition) is 5. The van der Waals surface area contributed by atoms with Gasteiger partial charge < -0.3 is 4.74 Å². The fourth-order valence-corrected chi connectivity index (χ4v) is 1.16. The molecule has 90 valence electrons. The van der Waals surface area contributed by atoms with Gasteiger partial charge in [-0.2, -0.15) is 0 Å². The number of benzene rings is 1. The van der Waals surface area contributed by atoms with Gasteiger partial charge in [0.2, 0.25) is 0 Å². The molecule has 0 radical (unpaired) electrons. The Kier molecular flexibility index (Phi) is 4.33. The minimum absolute atomic E-state index is 0.0755. The maximum atomic E-state index is 11.3. The molecule has 0 spiro atoms. The van der Waals surface area contributed by atoms with E-state index in [4.69, 9.17) is 10.1 Å². The monoisotopic (exact) mass is 236 g/mol. The van der Waals surface area contributed by atoms with Crippen LogP contribution in [0, 0.1) is 15.5 Å². The number of nitrogens with one attached hydrogen (secondary N) is 1. The summed E-state index contributed by atoms with van der Waals surface area (Å²) in [7, 11) is 0. The van der Waals surface area contributed by atoms with Crippen molar-refractivity contribution in [2.45, 2.75) is 19.8 Å². The van der Waals surface area contributed by atoms with Gasteiger partial charge in [0.15, 0.2) is 0 Å². The molecule has 0 amide bonds. The highest BCUT2D eigenvalue weighted by Gasteiger charge is 2.12. The van der Waals surface area contributed by atoms with Crippen LogP contribution in [-0.4, -0.2) is 16.6 Å². The minimum Gasteiger partial charge on any atom is -0.422 e. The summed E-state index contributed by atoms with van der Waals surface area (Å²) in [5.74, 6) is -0.526. The first-order chi connectivity index (χ1) is 8.04. The lowest BCUT2D eigenvalue weighted by molar-refractivity contribution is -0.384. The summed E-state index contributed by atoms with van der Waals surface area (Å²) in [6, 6.07) is 5.14. The third-order valence-corrected chi connectivity index (χ3v) is 2.00. The van der Waals surface area contributed by atoms with Gasteiger partial charge in [0.25, 0.3) is 5.69 Å². The van der Waals surface area contributed by atoms with Crippen LogP contribution >= 0.6 is 0 Å². The Morgan fingerprint density at radius 3 is 2.47 bits per heavy atom. The van der Waals surface area contributed by atoms with Gasteiger partial charge in [0.05, 0.1) is 4.92 Å². The second-order valence-electron chi connectivity index (χ2n) is 3.37. The van der Waals surface area contributed by atoms with E-state index in [9.17, 15) is 14.9 Å². The summed E-state index contributed by atoms with van der Waals surface area (Å²) >= 11 is 0. The maximum absolute atomic E-state index is 11.3. The van der Waals surface area contributed by atoms with Gasteiger partial charge in [0, 0.05) is 12.1 Å². The Morgan fingerprint density at radius 2 is 2.00 bits per heavy atom. The molecular weight excluding hydrogens is 224 g/mol. The SMILES string of the molecule is CCCC(=N)C(=O)Oc1ccc([N+](=O)[O-])cc1. The molecule has 1 aromatic rings. The molecule has 0 saturated carbocycles. The number of nitro groups is 1. The molecule has 1 rings (SSSR count). The zero-order chi connectivity index (χ0) is 12.8. The van der Waals surface area contributed by atoms with Crippen molar-refractivity contribution in [3.63, 3.8) is 0 Å². The molecule has 17 heavy (non-hydrogen) atoms. The van der Waals surface area contributed by atoms with Crippen molar-refractivity contribution < 1.29 is 14.5 Å². The summed E-state index contributed by atoms with van der Waals surface area (Å²) in [5, 5.41) is 17.8. The van der Waals surface area contributed by atoms with E-state index in [2.05, 4.69) is 0 Å². The van der Waals surface area contributed by atoms with Crippen LogP contribution in [0.5, 0.6) is 5.75 Å². The summed E-state index contributed by atoms with van der Waals surface area (Å²) in [4.78, 5) is 21.2. The van der Waals surface area contributed by atoms with E-state index in [-0.39, 0.29) is 17.1 Å². The normalized spacial score (nSPS) is 9.71. The largest absolute Gasteiger partial charge is 0.422 e. The third-order valence-electron chi connectivity index (χ3n) is 2.00. The number of carbonyl (C=O) groups excluding carboxylic acids is 1. The number of hydrogen-bond donors (Lipinski definition) is 1. The van der Waals surface area contributed by atoms with Crippen LogP contribution in [0.4, 0.5) is 5.69 Å². The van der Waals surface area contributed by atoms with Crippen LogP contribution in [-0.2, 0) is 4.79 Å². The summed E-state index contributed by atoms with van der Waals surface area (Å²) < 4.78 is 4.88. The van der Waals surface area contributed by atoms with Gasteiger partial charge in [-0.1, -0.05) is 13.3 Å². The predicted molar refractivity (Wildman–Crippen MR) is 61.4 cm³/mol. The molecule has 0 fully saturated rings. The Hall–Kier alpha value is -2.24. The zero-order valence-corrected chi connectivity index (χ0v) is 9.30. The van der Waals surface area contributed by atoms with Crippen LogP contribution < -0.4 is 4.74 Å². The van der Waals surface area contributed by atoms with E-state index in [1.54, 1.807) is 0 Å². The number of rotatable bonds is 5. The first-order valence-corrected chi connectivity index (χ1v) is 5.08. The Bertz CT molecular complexity index is 439. The highest BCUT2D eigenvalue weighted by molar-refractivity contribution is 6.35. The zero-order valence-electron chi connectivity index (χ0n) is 9.30. The first-order valence-electron chi connectivity index (χ1n) is 5.08. The van der Waals surface area contributed by atoms with Gasteiger partial charge in [-0.3, -0.25) is 15.5 Å². The maximum Gasteiger partial charge on any atom is 0.357 e. The smallest absolute Gasteiger partial charge is 0.357 e. The summed E-state index contributed by atoms with van der Waals surface area (Å²) in [6.07, 6.45) is 1.04. The van der Waals surface area contributed by atoms with Crippen LogP contribution in [0.3, 0.4) is 0 Å². The Labute approximate surface area is 97.9 Å². The molecule has 1 aromatic carbocycles. The second-order valence-corrected chi connectivity index (χ2v) is 3.37. The average Bonchev–Trinajstić information content (AvgIpc) is 2.30. The summed E-state index contributed by atoms with van der Waals surface area (Å²) in [6.45, 7) is 1.85. The molecule has 0 atom stereocenters. The Balaban J connectivity index is 2.66. The number of non-ortho nitro benzene ring substituents is 1. The van der Waals surface area contributed by atoms with E-state index in [0.717, 1.165) is 0 Å². The third kappa shape index (κ3) is 3.67. The lowest BCUT2D eigenvalue weighted by Crippen LogP contribution is -2.19. The second kappa shape index (κ2) is 5.74. The van der Waals surface area contributed by atoms with Crippen molar-refractivity contribution in [1.82, 2.24) is 0 Å². The molecule has 0 bridgehead atoms. The number of nitro benzene ring substituents is 1. The molecule has 1 N–H and O–H groups in total. The molecule has 0 heterocycles. The fourth-order valence-electron chi connectivity index (χ4n) is 1.16. The Morgan fingerprint density at radius 1 is 1.41 bits per heavy atom. The van der Waals surface area contributed by atoms with E-state index in [1.165, 1.54) is 24.3 Å². The average molecular weight is 236 g/mol. The van der Waals surface area contributed by atoms with Gasteiger partial charge in [-0.15, -0.1) is 0 Å². The van der Waals surface area contributed by atoms with Crippen molar-refractivity contribution in [3.8, 4) is 5.75 Å². The molecule has 6 nitrogen and oxygen atoms in total. The van der Waals surface area contributed by atoms with Crippen molar-refractivity contribution in [1.29, 1.82) is 5.41 Å². The predicted octanol–water partition coefficient (Wildman–Crippen LogP) is 2.32.